The second kappa shape index (κ2) is 2.61. The second-order valence-corrected chi connectivity index (χ2v) is 2.74. The van der Waals surface area contributed by atoms with Crippen LogP contribution in [0.2, 0.25) is 5.02 Å². The number of imidazole rings is 1. The van der Waals surface area contributed by atoms with Crippen LogP contribution in [-0.4, -0.2) is 19.9 Å². The molecule has 0 radical (unpaired) electrons. The van der Waals surface area contributed by atoms with Crippen LogP contribution in [0.4, 0.5) is 0 Å². The summed E-state index contributed by atoms with van der Waals surface area (Å²) in [4.78, 5) is 7.58. The van der Waals surface area contributed by atoms with E-state index >= 15 is 0 Å². The van der Waals surface area contributed by atoms with Crippen molar-refractivity contribution in [2.24, 2.45) is 0 Å². The molecule has 2 aliphatic heterocycles. The highest BCUT2D eigenvalue weighted by Crippen LogP contribution is 2.28. The first-order chi connectivity index (χ1) is 6.24. The topological polar surface area (TPSA) is 74.7 Å². The number of halogens is 1. The standard InChI is InChI=1S/C7H3ClN4O/c8-5-4(1-9)2-12(13)7-6(5)10-3-11-7/h2-3,13H. The van der Waals surface area contributed by atoms with Crippen LogP contribution in [0.15, 0.2) is 12.5 Å². The number of pyridine rings is 1. The Labute approximate surface area is 78.1 Å². The van der Waals surface area contributed by atoms with E-state index in [1.807, 2.05) is 6.07 Å². The molecule has 0 spiro atoms. The molecule has 0 fully saturated rings. The molecular weight excluding hydrogens is 192 g/mol. The molecule has 0 aliphatic carbocycles. The third-order valence-corrected chi connectivity index (χ3v) is 1.99. The minimum absolute atomic E-state index is 0.164. The number of nitrogens with zero attached hydrogens (tertiary/aromatic N) is 4. The molecule has 0 saturated carbocycles. The van der Waals surface area contributed by atoms with Gasteiger partial charge in [-0.25, -0.2) is 9.97 Å². The van der Waals surface area contributed by atoms with E-state index < -0.39 is 0 Å². The van der Waals surface area contributed by atoms with E-state index in [9.17, 15) is 5.21 Å². The lowest BCUT2D eigenvalue weighted by molar-refractivity contribution is 0.186. The first-order valence-electron chi connectivity index (χ1n) is 3.35. The van der Waals surface area contributed by atoms with E-state index in [0.717, 1.165) is 4.73 Å². The summed E-state index contributed by atoms with van der Waals surface area (Å²) in [6.07, 6.45) is 2.46. The summed E-state index contributed by atoms with van der Waals surface area (Å²) in [5.41, 5.74) is 0.486. The van der Waals surface area contributed by atoms with Gasteiger partial charge in [-0.1, -0.05) is 11.6 Å². The Balaban J connectivity index is 2.87. The number of hydrogen-bond donors (Lipinski definition) is 1. The predicted molar refractivity (Wildman–Crippen MR) is 43.6 cm³/mol. The molecule has 2 aliphatic rings. The van der Waals surface area contributed by atoms with Crippen LogP contribution in [0.3, 0.4) is 0 Å². The van der Waals surface area contributed by atoms with Crippen molar-refractivity contribution >= 4 is 11.6 Å². The summed E-state index contributed by atoms with van der Waals surface area (Å²) in [6.45, 7) is 0. The van der Waals surface area contributed by atoms with E-state index in [1.54, 1.807) is 0 Å². The van der Waals surface area contributed by atoms with Gasteiger partial charge in [0, 0.05) is 0 Å². The lowest BCUT2D eigenvalue weighted by atomic mass is 10.2. The third kappa shape index (κ3) is 0.999. The van der Waals surface area contributed by atoms with Gasteiger partial charge in [-0.05, 0) is 0 Å². The van der Waals surface area contributed by atoms with Crippen LogP contribution in [0, 0.1) is 11.3 Å². The van der Waals surface area contributed by atoms with Crippen molar-refractivity contribution in [2.45, 2.75) is 0 Å². The van der Waals surface area contributed by atoms with Crippen LogP contribution in [0.1, 0.15) is 5.56 Å². The molecule has 1 N–H and O–H groups in total. The molecule has 0 aromatic rings. The fourth-order valence-electron chi connectivity index (χ4n) is 1.03. The molecule has 6 heteroatoms. The molecule has 2 rings (SSSR count). The minimum atomic E-state index is 0.164. The van der Waals surface area contributed by atoms with Gasteiger partial charge in [0.1, 0.15) is 18.1 Å². The largest absolute Gasteiger partial charge is 0.427 e. The van der Waals surface area contributed by atoms with Gasteiger partial charge in [-0.2, -0.15) is 9.99 Å². The monoisotopic (exact) mass is 194 g/mol. The molecule has 0 aromatic heterocycles. The van der Waals surface area contributed by atoms with Crippen LogP contribution >= 0.6 is 11.6 Å². The second-order valence-electron chi connectivity index (χ2n) is 2.36. The van der Waals surface area contributed by atoms with Gasteiger partial charge in [-0.15, -0.1) is 0 Å². The summed E-state index contributed by atoms with van der Waals surface area (Å²) in [5, 5.41) is 18.1. The number of rotatable bonds is 0. The van der Waals surface area contributed by atoms with E-state index in [1.165, 1.54) is 12.5 Å². The molecule has 0 aromatic carbocycles. The van der Waals surface area contributed by atoms with Crippen molar-refractivity contribution in [3.05, 3.63) is 23.1 Å². The maximum absolute atomic E-state index is 9.30. The van der Waals surface area contributed by atoms with Crippen molar-refractivity contribution in [1.82, 2.24) is 14.7 Å². The summed E-state index contributed by atoms with van der Waals surface area (Å²) in [7, 11) is 0. The molecule has 0 bridgehead atoms. The average Bonchev–Trinajstić information content (AvgIpc) is 2.60. The molecule has 2 heterocycles. The first kappa shape index (κ1) is 7.83. The molecule has 5 nitrogen and oxygen atoms in total. The summed E-state index contributed by atoms with van der Waals surface area (Å²) >= 11 is 5.81. The van der Waals surface area contributed by atoms with Gasteiger partial charge in [0.2, 0.25) is 0 Å². The summed E-state index contributed by atoms with van der Waals surface area (Å²) in [5.74, 6) is 0.240. The lowest BCUT2D eigenvalue weighted by Crippen LogP contribution is -2.01. The van der Waals surface area contributed by atoms with Gasteiger partial charge in [0.05, 0.1) is 16.8 Å². The van der Waals surface area contributed by atoms with E-state index in [4.69, 9.17) is 16.9 Å². The van der Waals surface area contributed by atoms with Crippen LogP contribution in [0.5, 0.6) is 0 Å². The zero-order valence-electron chi connectivity index (χ0n) is 6.27. The minimum Gasteiger partial charge on any atom is -0.427 e. The van der Waals surface area contributed by atoms with Gasteiger partial charge in [-0.3, -0.25) is 0 Å². The number of nitriles is 1. The molecular formula is C7H3ClN4O. The van der Waals surface area contributed by atoms with Crippen molar-refractivity contribution in [2.75, 3.05) is 0 Å². The lowest BCUT2D eigenvalue weighted by Gasteiger charge is -2.05. The van der Waals surface area contributed by atoms with E-state index in [0.29, 0.717) is 5.69 Å². The van der Waals surface area contributed by atoms with Crippen molar-refractivity contribution in [3.8, 4) is 17.6 Å². The van der Waals surface area contributed by atoms with E-state index in [-0.39, 0.29) is 16.4 Å². The van der Waals surface area contributed by atoms with Gasteiger partial charge < -0.3 is 5.21 Å². The van der Waals surface area contributed by atoms with Crippen molar-refractivity contribution in [1.29, 1.82) is 5.26 Å². The fourth-order valence-corrected chi connectivity index (χ4v) is 1.25. The Kier molecular flexibility index (Phi) is 1.57. The molecule has 0 amide bonds. The average molecular weight is 195 g/mol. The quantitative estimate of drug-likeness (QED) is 0.639. The molecule has 0 atom stereocenters. The molecule has 13 heavy (non-hydrogen) atoms. The normalized spacial score (nSPS) is 10.2. The maximum Gasteiger partial charge on any atom is 0.196 e. The number of fused-ring (bicyclic) bond motifs is 1. The highest BCUT2D eigenvalue weighted by molar-refractivity contribution is 6.34. The molecule has 64 valence electrons. The summed E-state index contributed by atoms with van der Waals surface area (Å²) in [6, 6.07) is 1.84. The maximum atomic E-state index is 9.30. The zero-order chi connectivity index (χ0) is 9.42. The van der Waals surface area contributed by atoms with Crippen molar-refractivity contribution < 1.29 is 5.21 Å². The van der Waals surface area contributed by atoms with Crippen molar-refractivity contribution in [3.63, 3.8) is 0 Å². The van der Waals surface area contributed by atoms with Gasteiger partial charge in [0.15, 0.2) is 5.82 Å². The van der Waals surface area contributed by atoms with Crippen LogP contribution in [0.25, 0.3) is 11.5 Å². The SMILES string of the molecule is N#Cc1cn(O)c2ncnc-2c1Cl. The third-order valence-electron chi connectivity index (χ3n) is 1.61. The smallest absolute Gasteiger partial charge is 0.196 e. The van der Waals surface area contributed by atoms with Crippen LogP contribution in [-0.2, 0) is 0 Å². The molecule has 0 unspecified atom stereocenters. The highest BCUT2D eigenvalue weighted by atomic mass is 35.5. The van der Waals surface area contributed by atoms with Gasteiger partial charge in [0.25, 0.3) is 0 Å². The fraction of sp³-hybridized carbons (Fsp3) is 0. The predicted octanol–water partition coefficient (Wildman–Crippen LogP) is 1.15. The van der Waals surface area contributed by atoms with E-state index in [2.05, 4.69) is 9.97 Å². The zero-order valence-corrected chi connectivity index (χ0v) is 7.02. The van der Waals surface area contributed by atoms with Gasteiger partial charge >= 0.3 is 0 Å². The first-order valence-corrected chi connectivity index (χ1v) is 3.72. The Morgan fingerprint density at radius 2 is 2.31 bits per heavy atom. The number of hydrogen-bond acceptors (Lipinski definition) is 4. The Morgan fingerprint density at radius 1 is 1.54 bits per heavy atom. The molecule has 0 saturated heterocycles. The van der Waals surface area contributed by atoms with Crippen LogP contribution < -0.4 is 0 Å². The highest BCUT2D eigenvalue weighted by Gasteiger charge is 2.17. The summed E-state index contributed by atoms with van der Waals surface area (Å²) < 4.78 is 0.729. The Bertz CT molecular complexity index is 472. The Morgan fingerprint density at radius 3 is 3.00 bits per heavy atom. The Hall–Kier alpha value is -1.80. The number of aromatic nitrogens is 3.